The van der Waals surface area contributed by atoms with Crippen molar-refractivity contribution in [2.45, 2.75) is 19.4 Å². The number of hydrogen-bond acceptors (Lipinski definition) is 4. The number of benzene rings is 2. The molecule has 4 nitrogen and oxygen atoms in total. The number of aliphatic imine (C=N–C) groups is 1. The number of fused-ring (bicyclic) bond motifs is 1. The number of hydrogen-bond donors (Lipinski definition) is 0. The Bertz CT molecular complexity index is 1280. The second-order valence-electron chi connectivity index (χ2n) is 7.43. The van der Waals surface area contributed by atoms with Gasteiger partial charge in [-0.05, 0) is 41.3 Å². The second kappa shape index (κ2) is 8.20. The van der Waals surface area contributed by atoms with Gasteiger partial charge in [-0.25, -0.2) is 4.98 Å². The van der Waals surface area contributed by atoms with Crippen molar-refractivity contribution in [3.05, 3.63) is 88.7 Å². The van der Waals surface area contributed by atoms with E-state index in [1.165, 1.54) is 16.9 Å². The molecular formula is C25H21N3OS. The monoisotopic (exact) mass is 411 g/mol. The van der Waals surface area contributed by atoms with Crippen LogP contribution in [0.2, 0.25) is 0 Å². The molecule has 148 valence electrons. The number of rotatable bonds is 5. The average Bonchev–Trinajstić information content (AvgIpc) is 3.29. The van der Waals surface area contributed by atoms with Crippen LogP contribution in [-0.4, -0.2) is 15.8 Å². The van der Waals surface area contributed by atoms with Crippen LogP contribution in [0.5, 0.6) is 0 Å². The quantitative estimate of drug-likeness (QED) is 0.417. The highest BCUT2D eigenvalue weighted by Crippen LogP contribution is 2.26. The Morgan fingerprint density at radius 1 is 0.967 bits per heavy atom. The SMILES string of the molecule is O=c1c2sccc2nc(-c2ccc(-c3ccccc3)cc2)n1CCC1C=CN=CC1. The van der Waals surface area contributed by atoms with Gasteiger partial charge in [-0.1, -0.05) is 60.7 Å². The van der Waals surface area contributed by atoms with Crippen LogP contribution in [0.25, 0.3) is 32.7 Å². The Morgan fingerprint density at radius 2 is 1.73 bits per heavy atom. The van der Waals surface area contributed by atoms with Crippen molar-refractivity contribution in [3.63, 3.8) is 0 Å². The number of nitrogens with zero attached hydrogens (tertiary/aromatic N) is 3. The molecule has 5 rings (SSSR count). The van der Waals surface area contributed by atoms with E-state index in [4.69, 9.17) is 4.98 Å². The third-order valence-corrected chi connectivity index (χ3v) is 6.39. The van der Waals surface area contributed by atoms with Crippen LogP contribution in [0, 0.1) is 5.92 Å². The fourth-order valence-corrected chi connectivity index (χ4v) is 4.61. The summed E-state index contributed by atoms with van der Waals surface area (Å²) in [5.41, 5.74) is 4.10. The Labute approximate surface area is 178 Å². The lowest BCUT2D eigenvalue weighted by Gasteiger charge is -2.16. The predicted molar refractivity (Wildman–Crippen MR) is 125 cm³/mol. The topological polar surface area (TPSA) is 47.2 Å². The van der Waals surface area contributed by atoms with E-state index in [-0.39, 0.29) is 5.56 Å². The fourth-order valence-electron chi connectivity index (χ4n) is 3.83. The first-order valence-corrected chi connectivity index (χ1v) is 11.0. The lowest BCUT2D eigenvalue weighted by atomic mass is 10.0. The van der Waals surface area contributed by atoms with Crippen LogP contribution >= 0.6 is 11.3 Å². The van der Waals surface area contributed by atoms with E-state index in [0.717, 1.165) is 40.0 Å². The third-order valence-electron chi connectivity index (χ3n) is 5.50. The normalized spacial score (nSPS) is 15.7. The van der Waals surface area contributed by atoms with Gasteiger partial charge in [0.05, 0.1) is 5.52 Å². The largest absolute Gasteiger partial charge is 0.291 e. The molecule has 0 radical (unpaired) electrons. The highest BCUT2D eigenvalue weighted by Gasteiger charge is 2.15. The van der Waals surface area contributed by atoms with Crippen molar-refractivity contribution < 1.29 is 0 Å². The zero-order valence-electron chi connectivity index (χ0n) is 16.4. The van der Waals surface area contributed by atoms with Crippen molar-refractivity contribution in [2.75, 3.05) is 0 Å². The molecule has 1 unspecified atom stereocenters. The van der Waals surface area contributed by atoms with Gasteiger partial charge in [0.2, 0.25) is 0 Å². The van der Waals surface area contributed by atoms with Crippen molar-refractivity contribution in [1.29, 1.82) is 0 Å². The van der Waals surface area contributed by atoms with Gasteiger partial charge in [0, 0.05) is 24.5 Å². The van der Waals surface area contributed by atoms with E-state index in [1.807, 2.05) is 46.6 Å². The summed E-state index contributed by atoms with van der Waals surface area (Å²) in [4.78, 5) is 22.2. The molecule has 5 heteroatoms. The van der Waals surface area contributed by atoms with Crippen LogP contribution in [0.4, 0.5) is 0 Å². The molecule has 4 aromatic rings. The van der Waals surface area contributed by atoms with E-state index in [1.54, 1.807) is 0 Å². The molecule has 0 bridgehead atoms. The minimum Gasteiger partial charge on any atom is -0.291 e. The highest BCUT2D eigenvalue weighted by atomic mass is 32.1. The van der Waals surface area contributed by atoms with Crippen molar-refractivity contribution in [3.8, 4) is 22.5 Å². The number of aromatic nitrogens is 2. The van der Waals surface area contributed by atoms with Crippen molar-refractivity contribution in [1.82, 2.24) is 9.55 Å². The minimum atomic E-state index is 0.0468. The molecule has 0 saturated carbocycles. The Balaban J connectivity index is 1.53. The molecule has 30 heavy (non-hydrogen) atoms. The molecular weight excluding hydrogens is 390 g/mol. The first kappa shape index (κ1) is 18.7. The van der Waals surface area contributed by atoms with Crippen molar-refractivity contribution >= 4 is 27.8 Å². The summed E-state index contributed by atoms with van der Waals surface area (Å²) in [6.07, 6.45) is 7.71. The molecule has 0 spiro atoms. The van der Waals surface area contributed by atoms with Gasteiger partial charge in [0.15, 0.2) is 0 Å². The van der Waals surface area contributed by atoms with E-state index in [0.29, 0.717) is 12.5 Å². The summed E-state index contributed by atoms with van der Waals surface area (Å²) in [6.45, 7) is 0.637. The Hall–Kier alpha value is -3.31. The third kappa shape index (κ3) is 3.64. The fraction of sp³-hybridized carbons (Fsp3) is 0.160. The summed E-state index contributed by atoms with van der Waals surface area (Å²) in [5.74, 6) is 1.14. The van der Waals surface area contributed by atoms with Gasteiger partial charge in [0.25, 0.3) is 5.56 Å². The summed E-state index contributed by atoms with van der Waals surface area (Å²) in [5, 5.41) is 1.94. The Morgan fingerprint density at radius 3 is 2.50 bits per heavy atom. The smallest absolute Gasteiger partial charge is 0.271 e. The second-order valence-corrected chi connectivity index (χ2v) is 8.34. The molecule has 3 heterocycles. The van der Waals surface area contributed by atoms with Gasteiger partial charge >= 0.3 is 0 Å². The van der Waals surface area contributed by atoms with Gasteiger partial charge in [0.1, 0.15) is 10.5 Å². The molecule has 0 saturated heterocycles. The van der Waals surface area contributed by atoms with Gasteiger partial charge in [-0.2, -0.15) is 0 Å². The maximum absolute atomic E-state index is 13.2. The average molecular weight is 412 g/mol. The molecule has 2 aromatic heterocycles. The van der Waals surface area contributed by atoms with Gasteiger partial charge < -0.3 is 0 Å². The van der Waals surface area contributed by atoms with Gasteiger partial charge in [-0.15, -0.1) is 11.3 Å². The van der Waals surface area contributed by atoms with E-state index >= 15 is 0 Å². The molecule has 1 aliphatic heterocycles. The molecule has 1 aliphatic rings. The summed E-state index contributed by atoms with van der Waals surface area (Å²) in [7, 11) is 0. The molecule has 0 aliphatic carbocycles. The lowest BCUT2D eigenvalue weighted by molar-refractivity contribution is 0.526. The molecule has 1 atom stereocenters. The number of thiophene rings is 1. The molecule has 2 aromatic carbocycles. The van der Waals surface area contributed by atoms with Gasteiger partial charge in [-0.3, -0.25) is 14.4 Å². The first-order valence-electron chi connectivity index (χ1n) is 10.1. The van der Waals surface area contributed by atoms with Crippen LogP contribution in [0.3, 0.4) is 0 Å². The summed E-state index contributed by atoms with van der Waals surface area (Å²) in [6, 6.07) is 20.5. The molecule has 0 N–H and O–H groups in total. The van der Waals surface area contributed by atoms with Crippen LogP contribution in [-0.2, 0) is 6.54 Å². The zero-order valence-corrected chi connectivity index (χ0v) is 17.3. The maximum atomic E-state index is 13.2. The zero-order chi connectivity index (χ0) is 20.3. The number of allylic oxidation sites excluding steroid dienone is 1. The summed E-state index contributed by atoms with van der Waals surface area (Å²) >= 11 is 1.46. The minimum absolute atomic E-state index is 0.0468. The van der Waals surface area contributed by atoms with E-state index < -0.39 is 0 Å². The van der Waals surface area contributed by atoms with E-state index in [2.05, 4.69) is 47.5 Å². The Kier molecular flexibility index (Phi) is 5.11. The highest BCUT2D eigenvalue weighted by molar-refractivity contribution is 7.17. The van der Waals surface area contributed by atoms with E-state index in [9.17, 15) is 4.79 Å². The molecule has 0 fully saturated rings. The standard InChI is InChI=1S/C25H21N3OS/c29-25-23-22(13-17-30-23)27-24(28(25)16-12-18-10-14-26-15-11-18)21-8-6-20(7-9-21)19-4-2-1-3-5-19/h1-10,13-15,17-18H,11-12,16H2. The predicted octanol–water partition coefficient (Wildman–Crippen LogP) is 5.79. The van der Waals surface area contributed by atoms with Crippen molar-refractivity contribution in [2.24, 2.45) is 10.9 Å². The summed E-state index contributed by atoms with van der Waals surface area (Å²) < 4.78 is 2.57. The molecule has 0 amide bonds. The maximum Gasteiger partial charge on any atom is 0.271 e. The first-order chi connectivity index (χ1) is 14.8. The lowest BCUT2D eigenvalue weighted by Crippen LogP contribution is -2.24. The van der Waals surface area contributed by atoms with Crippen LogP contribution in [0.15, 0.2) is 88.1 Å². The van der Waals surface area contributed by atoms with Crippen LogP contribution < -0.4 is 5.56 Å². The van der Waals surface area contributed by atoms with Crippen LogP contribution in [0.1, 0.15) is 12.8 Å².